The van der Waals surface area contributed by atoms with Crippen LogP contribution < -0.4 is 5.73 Å². The molecule has 0 unspecified atom stereocenters. The van der Waals surface area contributed by atoms with Crippen molar-refractivity contribution in [1.29, 1.82) is 0 Å². The first-order valence-corrected chi connectivity index (χ1v) is 10.9. The summed E-state index contributed by atoms with van der Waals surface area (Å²) >= 11 is 0. The minimum Gasteiger partial charge on any atom is -0.461 e. The van der Waals surface area contributed by atoms with Gasteiger partial charge in [0.2, 0.25) is 17.6 Å². The Bertz CT molecular complexity index is 881. The number of hydrogen-bond donors (Lipinski definition) is 1. The highest BCUT2D eigenvalue weighted by atomic mass is 16.3. The molecule has 0 spiro atoms. The molecule has 1 aromatic heterocycles. The van der Waals surface area contributed by atoms with Crippen molar-refractivity contribution >= 4 is 17.6 Å². The van der Waals surface area contributed by atoms with Crippen LogP contribution in [0.4, 0.5) is 0 Å². The summed E-state index contributed by atoms with van der Waals surface area (Å²) < 4.78 is 5.19. The van der Waals surface area contributed by atoms with E-state index >= 15 is 0 Å². The molecule has 7 nitrogen and oxygen atoms in total. The Morgan fingerprint density at radius 1 is 1.19 bits per heavy atom. The Morgan fingerprint density at radius 3 is 2.58 bits per heavy atom. The molecule has 0 aliphatic carbocycles. The molecule has 3 rings (SSSR count). The van der Waals surface area contributed by atoms with Gasteiger partial charge < -0.3 is 10.2 Å². The van der Waals surface area contributed by atoms with Crippen LogP contribution in [0.3, 0.4) is 0 Å². The molecule has 2 aromatic rings. The predicted molar refractivity (Wildman–Crippen MR) is 117 cm³/mol. The normalized spacial score (nSPS) is 18.5. The van der Waals surface area contributed by atoms with Crippen molar-refractivity contribution in [3.8, 4) is 0 Å². The summed E-state index contributed by atoms with van der Waals surface area (Å²) in [4.78, 5) is 42.4. The number of Topliss-reactive ketones (excluding diaryl/α,β-unsaturated/α-hetero) is 1. The fraction of sp³-hybridized carbons (Fsp3) is 0.458. The Hall–Kier alpha value is -2.77. The van der Waals surface area contributed by atoms with E-state index in [1.165, 1.54) is 11.2 Å². The number of imide groups is 1. The highest BCUT2D eigenvalue weighted by Crippen LogP contribution is 2.22. The maximum absolute atomic E-state index is 13.6. The molecular weight excluding hydrogens is 394 g/mol. The Kier molecular flexibility index (Phi) is 7.76. The first kappa shape index (κ1) is 22.9. The number of nitrogens with two attached hydrogens (primary N) is 1. The molecule has 1 aliphatic rings. The topological polar surface area (TPSA) is 96.9 Å². The zero-order chi connectivity index (χ0) is 22.4. The maximum Gasteiger partial charge on any atom is 0.246 e. The minimum absolute atomic E-state index is 0.0428. The monoisotopic (exact) mass is 425 g/mol. The van der Waals surface area contributed by atoms with E-state index in [2.05, 4.69) is 0 Å². The third-order valence-corrected chi connectivity index (χ3v) is 6.05. The van der Waals surface area contributed by atoms with Crippen molar-refractivity contribution in [2.45, 2.75) is 51.7 Å². The first-order chi connectivity index (χ1) is 14.9. The lowest BCUT2D eigenvalue weighted by Crippen LogP contribution is -2.54. The van der Waals surface area contributed by atoms with E-state index in [9.17, 15) is 14.4 Å². The molecule has 1 fully saturated rings. The summed E-state index contributed by atoms with van der Waals surface area (Å²) in [6.45, 7) is 4.75. The average Bonchev–Trinajstić information content (AvgIpc) is 3.48. The number of nitrogens with zero attached hydrogens (tertiary/aromatic N) is 2. The van der Waals surface area contributed by atoms with E-state index in [1.54, 1.807) is 12.1 Å². The van der Waals surface area contributed by atoms with Gasteiger partial charge in [0.1, 0.15) is 0 Å². The van der Waals surface area contributed by atoms with E-state index in [0.717, 1.165) is 18.4 Å². The molecule has 1 aromatic carbocycles. The fourth-order valence-electron chi connectivity index (χ4n) is 3.88. The van der Waals surface area contributed by atoms with Crippen LogP contribution in [0.1, 0.15) is 49.2 Å². The number of benzene rings is 1. The highest BCUT2D eigenvalue weighted by Gasteiger charge is 2.39. The molecule has 2 heterocycles. The maximum atomic E-state index is 13.6. The summed E-state index contributed by atoms with van der Waals surface area (Å²) in [6.07, 6.45) is 3.58. The number of furan rings is 1. The summed E-state index contributed by atoms with van der Waals surface area (Å²) in [5.41, 5.74) is 7.08. The molecule has 1 saturated heterocycles. The van der Waals surface area contributed by atoms with E-state index in [1.807, 2.05) is 49.1 Å². The van der Waals surface area contributed by atoms with Crippen LogP contribution in [0.2, 0.25) is 0 Å². The lowest BCUT2D eigenvalue weighted by molar-refractivity contribution is -0.149. The standard InChI is InChI=1S/C24H31N3O4/c1-3-17(2)22(25)24(30)27(15-18-9-5-4-6-10-18)23(29)19-11-7-13-26(19)16-20(28)21-12-8-14-31-21/h4-6,8-10,12,14,17,19,22H,3,7,11,13,15-16,25H2,1-2H3/t17-,19-,22-/m0/s1. The third kappa shape index (κ3) is 5.48. The molecule has 7 heteroatoms. The molecule has 31 heavy (non-hydrogen) atoms. The number of rotatable bonds is 9. The van der Waals surface area contributed by atoms with Crippen molar-refractivity contribution in [1.82, 2.24) is 9.80 Å². The fourth-order valence-corrected chi connectivity index (χ4v) is 3.88. The minimum atomic E-state index is -0.753. The van der Waals surface area contributed by atoms with Gasteiger partial charge in [-0.2, -0.15) is 0 Å². The van der Waals surface area contributed by atoms with Gasteiger partial charge in [-0.3, -0.25) is 24.2 Å². The highest BCUT2D eigenvalue weighted by molar-refractivity contribution is 6.01. The van der Waals surface area contributed by atoms with Crippen LogP contribution in [0, 0.1) is 5.92 Å². The van der Waals surface area contributed by atoms with Crippen LogP contribution >= 0.6 is 0 Å². The second-order valence-electron chi connectivity index (χ2n) is 8.19. The van der Waals surface area contributed by atoms with Gasteiger partial charge in [0, 0.05) is 0 Å². The molecule has 0 bridgehead atoms. The van der Waals surface area contributed by atoms with Crippen molar-refractivity contribution in [3.63, 3.8) is 0 Å². The molecule has 0 radical (unpaired) electrons. The first-order valence-electron chi connectivity index (χ1n) is 10.9. The number of ketones is 1. The zero-order valence-electron chi connectivity index (χ0n) is 18.2. The zero-order valence-corrected chi connectivity index (χ0v) is 18.2. The Morgan fingerprint density at radius 2 is 1.94 bits per heavy atom. The van der Waals surface area contributed by atoms with Gasteiger partial charge in [0.15, 0.2) is 5.76 Å². The molecule has 3 atom stereocenters. The molecule has 166 valence electrons. The van der Waals surface area contributed by atoms with Gasteiger partial charge in [-0.05, 0) is 43.0 Å². The van der Waals surface area contributed by atoms with E-state index < -0.39 is 12.1 Å². The summed E-state index contributed by atoms with van der Waals surface area (Å²) in [6, 6.07) is 11.4. The van der Waals surface area contributed by atoms with E-state index in [4.69, 9.17) is 10.2 Å². The number of carbonyl (C=O) groups is 3. The number of amides is 2. The van der Waals surface area contributed by atoms with E-state index in [-0.39, 0.29) is 42.4 Å². The Labute approximate surface area is 183 Å². The van der Waals surface area contributed by atoms with Crippen molar-refractivity contribution < 1.29 is 18.8 Å². The summed E-state index contributed by atoms with van der Waals surface area (Å²) in [5.74, 6) is -0.611. The quantitative estimate of drug-likeness (QED) is 0.621. The van der Waals surface area contributed by atoms with Crippen LogP contribution in [0.5, 0.6) is 0 Å². The third-order valence-electron chi connectivity index (χ3n) is 6.05. The predicted octanol–water partition coefficient (Wildman–Crippen LogP) is 2.86. The summed E-state index contributed by atoms with van der Waals surface area (Å²) in [7, 11) is 0. The van der Waals surface area contributed by atoms with Crippen LogP contribution in [-0.4, -0.2) is 52.6 Å². The van der Waals surface area contributed by atoms with Crippen LogP contribution in [-0.2, 0) is 16.1 Å². The number of carbonyl (C=O) groups excluding carboxylic acids is 3. The SMILES string of the molecule is CC[C@H](C)[C@H](N)C(=O)N(Cc1ccccc1)C(=O)[C@@H]1CCCN1CC(=O)c1ccco1. The van der Waals surface area contributed by atoms with Gasteiger partial charge in [-0.25, -0.2) is 0 Å². The summed E-state index contributed by atoms with van der Waals surface area (Å²) in [5, 5.41) is 0. The largest absolute Gasteiger partial charge is 0.461 e. The molecular formula is C24H31N3O4. The smallest absolute Gasteiger partial charge is 0.246 e. The van der Waals surface area contributed by atoms with Gasteiger partial charge in [-0.1, -0.05) is 50.6 Å². The Balaban J connectivity index is 1.80. The second-order valence-corrected chi connectivity index (χ2v) is 8.19. The van der Waals surface area contributed by atoms with E-state index in [0.29, 0.717) is 13.0 Å². The van der Waals surface area contributed by atoms with Crippen molar-refractivity contribution in [2.24, 2.45) is 11.7 Å². The second kappa shape index (κ2) is 10.5. The molecule has 1 aliphatic heterocycles. The molecule has 0 saturated carbocycles. The lowest BCUT2D eigenvalue weighted by atomic mass is 9.98. The number of hydrogen-bond acceptors (Lipinski definition) is 6. The van der Waals surface area contributed by atoms with Crippen LogP contribution in [0.15, 0.2) is 53.1 Å². The lowest BCUT2D eigenvalue weighted by Gasteiger charge is -2.31. The van der Waals surface area contributed by atoms with Crippen molar-refractivity contribution in [3.05, 3.63) is 60.1 Å². The van der Waals surface area contributed by atoms with Gasteiger partial charge in [0.05, 0.1) is 31.4 Å². The molecule has 2 amide bonds. The molecule has 2 N–H and O–H groups in total. The number of likely N-dealkylation sites (tertiary alicyclic amines) is 1. The average molecular weight is 426 g/mol. The van der Waals surface area contributed by atoms with Crippen LogP contribution in [0.25, 0.3) is 0 Å². The van der Waals surface area contributed by atoms with Gasteiger partial charge in [-0.15, -0.1) is 0 Å². The van der Waals surface area contributed by atoms with Crippen molar-refractivity contribution in [2.75, 3.05) is 13.1 Å². The van der Waals surface area contributed by atoms with Gasteiger partial charge >= 0.3 is 0 Å². The van der Waals surface area contributed by atoms with Gasteiger partial charge in [0.25, 0.3) is 0 Å².